The fourth-order valence-corrected chi connectivity index (χ4v) is 1.60. The summed E-state index contributed by atoms with van der Waals surface area (Å²) in [5.74, 6) is -0.442. The van der Waals surface area contributed by atoms with Gasteiger partial charge in [0.15, 0.2) is 5.56 Å². The van der Waals surface area contributed by atoms with E-state index in [1.807, 2.05) is 0 Å². The lowest BCUT2D eigenvalue weighted by molar-refractivity contribution is -0.0206. The van der Waals surface area contributed by atoms with Gasteiger partial charge in [0.2, 0.25) is 5.91 Å². The van der Waals surface area contributed by atoms with Gasteiger partial charge in [-0.1, -0.05) is 11.6 Å². The highest BCUT2D eigenvalue weighted by Gasteiger charge is 2.38. The maximum atomic E-state index is 10.4. The summed E-state index contributed by atoms with van der Waals surface area (Å²) in [6.07, 6.45) is 0.150. The average Bonchev–Trinajstić information content (AvgIpc) is 2.72. The van der Waals surface area contributed by atoms with Gasteiger partial charge >= 0.3 is 0 Å². The van der Waals surface area contributed by atoms with Gasteiger partial charge in [-0.15, -0.1) is 0 Å². The topological polar surface area (TPSA) is 126 Å². The Kier molecular flexibility index (Phi) is 6.13. The molecule has 7 nitrogen and oxygen atoms in total. The lowest BCUT2D eigenvalue weighted by atomic mass is 10.2. The molecule has 0 saturated carbocycles. The van der Waals surface area contributed by atoms with E-state index in [2.05, 4.69) is 4.98 Å². The van der Waals surface area contributed by atoms with Crippen LogP contribution in [0.2, 0.25) is 0 Å². The lowest BCUT2D eigenvalue weighted by Crippen LogP contribution is -2.35. The molecule has 2 heterocycles. The first kappa shape index (κ1) is 15.8. The molecule has 106 valence electrons. The summed E-state index contributed by atoms with van der Waals surface area (Å²) in [6.45, 7) is 0.0234. The number of aliphatic hydroxyl groups is 3. The number of carbonyl (C=O) groups is 1. The number of halogens is 1. The third-order valence-electron chi connectivity index (χ3n) is 2.41. The van der Waals surface area contributed by atoms with Crippen LogP contribution < -0.4 is 5.73 Å². The van der Waals surface area contributed by atoms with Crippen molar-refractivity contribution in [2.45, 2.75) is 23.9 Å². The van der Waals surface area contributed by atoms with Crippen molar-refractivity contribution in [1.82, 2.24) is 4.98 Å². The summed E-state index contributed by atoms with van der Waals surface area (Å²) >= 11 is 5.20. The van der Waals surface area contributed by atoms with Crippen molar-refractivity contribution in [2.75, 3.05) is 6.61 Å². The summed E-state index contributed by atoms with van der Waals surface area (Å²) in [4.78, 5) is 14.1. The molecule has 1 aromatic heterocycles. The number of nitrogens with two attached hydrogens (primary N) is 1. The molecule has 1 aliphatic heterocycles. The van der Waals surface area contributed by atoms with Crippen molar-refractivity contribution in [3.63, 3.8) is 0 Å². The van der Waals surface area contributed by atoms with E-state index < -0.39 is 29.8 Å². The van der Waals surface area contributed by atoms with Crippen LogP contribution in [0.3, 0.4) is 0 Å². The molecular formula is C11H15ClN2O5. The first-order valence-corrected chi connectivity index (χ1v) is 5.87. The van der Waals surface area contributed by atoms with Crippen LogP contribution in [0.25, 0.3) is 0 Å². The van der Waals surface area contributed by atoms with Gasteiger partial charge in [-0.2, -0.15) is 0 Å². The van der Waals surface area contributed by atoms with Crippen LogP contribution in [-0.4, -0.2) is 56.7 Å². The molecule has 0 aromatic carbocycles. The van der Waals surface area contributed by atoms with E-state index in [1.54, 1.807) is 18.3 Å². The Morgan fingerprint density at radius 2 is 2.26 bits per heavy atom. The number of pyridine rings is 1. The van der Waals surface area contributed by atoms with Gasteiger partial charge < -0.3 is 25.8 Å². The van der Waals surface area contributed by atoms with Crippen LogP contribution in [0.5, 0.6) is 0 Å². The minimum Gasteiger partial charge on any atom is -0.388 e. The normalized spacial score (nSPS) is 27.3. The number of amides is 1. The van der Waals surface area contributed by atoms with Gasteiger partial charge in [0.1, 0.15) is 18.3 Å². The number of rotatable bonds is 2. The fraction of sp³-hybridized carbons (Fsp3) is 0.455. The Morgan fingerprint density at radius 3 is 2.53 bits per heavy atom. The van der Waals surface area contributed by atoms with Crippen LogP contribution >= 0.6 is 11.6 Å². The predicted molar refractivity (Wildman–Crippen MR) is 66.4 cm³/mol. The predicted octanol–water partition coefficient (Wildman–Crippen LogP) is -1.16. The van der Waals surface area contributed by atoms with Crippen LogP contribution in [0, 0.1) is 0 Å². The lowest BCUT2D eigenvalue weighted by Gasteiger charge is -2.15. The van der Waals surface area contributed by atoms with Crippen LogP contribution in [0.1, 0.15) is 10.4 Å². The number of carbonyl (C=O) groups excluding carboxylic acids is 1. The number of primary amides is 1. The Morgan fingerprint density at radius 1 is 1.58 bits per heavy atom. The average molecular weight is 291 g/mol. The van der Waals surface area contributed by atoms with Crippen molar-refractivity contribution < 1.29 is 24.9 Å². The quantitative estimate of drug-likeness (QED) is 0.509. The minimum absolute atomic E-state index is 0.0234. The van der Waals surface area contributed by atoms with Crippen molar-refractivity contribution in [2.24, 2.45) is 5.73 Å². The highest BCUT2D eigenvalue weighted by atomic mass is 35.5. The van der Waals surface area contributed by atoms with E-state index in [-0.39, 0.29) is 6.61 Å². The smallest absolute Gasteiger partial charge is 0.250 e. The molecule has 1 fully saturated rings. The number of ether oxygens (including phenoxy) is 1. The third kappa shape index (κ3) is 4.73. The Bertz CT molecular complexity index is 403. The van der Waals surface area contributed by atoms with Gasteiger partial charge in [0, 0.05) is 12.4 Å². The van der Waals surface area contributed by atoms with Gasteiger partial charge in [-0.25, -0.2) is 0 Å². The molecule has 8 heteroatoms. The summed E-state index contributed by atoms with van der Waals surface area (Å²) < 4.78 is 4.76. The zero-order valence-electron chi connectivity index (χ0n) is 9.89. The fourth-order valence-electron chi connectivity index (χ4n) is 1.38. The monoisotopic (exact) mass is 290 g/mol. The molecule has 0 aliphatic carbocycles. The molecule has 1 saturated heterocycles. The number of hydrogen-bond donors (Lipinski definition) is 4. The van der Waals surface area contributed by atoms with E-state index in [4.69, 9.17) is 37.4 Å². The van der Waals surface area contributed by atoms with E-state index in [0.29, 0.717) is 5.56 Å². The number of aliphatic hydroxyl groups excluding tert-OH is 3. The van der Waals surface area contributed by atoms with Crippen molar-refractivity contribution in [3.05, 3.63) is 30.1 Å². The first-order valence-electron chi connectivity index (χ1n) is 5.43. The summed E-state index contributed by atoms with van der Waals surface area (Å²) in [6, 6.07) is 3.29. The molecule has 19 heavy (non-hydrogen) atoms. The summed E-state index contributed by atoms with van der Waals surface area (Å²) in [7, 11) is 0. The van der Waals surface area contributed by atoms with Crippen LogP contribution in [-0.2, 0) is 4.74 Å². The maximum absolute atomic E-state index is 10.4. The molecule has 0 bridgehead atoms. The maximum Gasteiger partial charge on any atom is 0.250 e. The molecule has 2 rings (SSSR count). The summed E-state index contributed by atoms with van der Waals surface area (Å²) in [5.41, 5.74) is 4.12. The molecule has 5 N–H and O–H groups in total. The zero-order valence-corrected chi connectivity index (χ0v) is 10.6. The molecule has 1 amide bonds. The molecule has 0 radical (unpaired) electrons. The number of hydrogen-bond acceptors (Lipinski definition) is 6. The second-order valence-electron chi connectivity index (χ2n) is 3.83. The van der Waals surface area contributed by atoms with Gasteiger partial charge in [0.05, 0.1) is 12.2 Å². The highest BCUT2D eigenvalue weighted by Crippen LogP contribution is 2.18. The highest BCUT2D eigenvalue weighted by molar-refractivity contribution is 6.19. The van der Waals surface area contributed by atoms with Gasteiger partial charge in [-0.3, -0.25) is 9.78 Å². The standard InChI is InChI=1S/C6H6N2O.C5H9ClO4/c7-6(9)5-2-1-3-8-4-5;6-5(9)4-3(8)2(7)1-10-4/h1-4H,(H2,7,9);2-5,7-9H,1H2/t;2-,3-,4-,5?/m.0/s1. The third-order valence-corrected chi connectivity index (χ3v) is 2.66. The van der Waals surface area contributed by atoms with Crippen molar-refractivity contribution in [3.8, 4) is 0 Å². The van der Waals surface area contributed by atoms with E-state index in [9.17, 15) is 4.79 Å². The second-order valence-corrected chi connectivity index (χ2v) is 4.28. The largest absolute Gasteiger partial charge is 0.388 e. The zero-order chi connectivity index (χ0) is 14.4. The van der Waals surface area contributed by atoms with Crippen LogP contribution in [0.15, 0.2) is 24.5 Å². The van der Waals surface area contributed by atoms with E-state index in [0.717, 1.165) is 0 Å². The minimum atomic E-state index is -1.26. The van der Waals surface area contributed by atoms with Gasteiger partial charge in [0.25, 0.3) is 0 Å². The Labute approximate surface area is 114 Å². The van der Waals surface area contributed by atoms with Crippen molar-refractivity contribution >= 4 is 17.5 Å². The van der Waals surface area contributed by atoms with Crippen LogP contribution in [0.4, 0.5) is 0 Å². The van der Waals surface area contributed by atoms with E-state index >= 15 is 0 Å². The molecule has 0 spiro atoms. The summed E-state index contributed by atoms with van der Waals surface area (Å²) in [5, 5.41) is 26.6. The second kappa shape index (κ2) is 7.37. The van der Waals surface area contributed by atoms with Crippen molar-refractivity contribution in [1.29, 1.82) is 0 Å². The number of aromatic nitrogens is 1. The SMILES string of the molecule is NC(=O)c1cccnc1.OC(Cl)[C@H]1OC[C@H](O)[C@@H]1O. The molecule has 1 aromatic rings. The molecule has 1 unspecified atom stereocenters. The first-order chi connectivity index (χ1) is 8.93. The Balaban J connectivity index is 0.000000191. The molecular weight excluding hydrogens is 276 g/mol. The number of nitrogens with zero attached hydrogens (tertiary/aromatic N) is 1. The molecule has 4 atom stereocenters. The van der Waals surface area contributed by atoms with E-state index in [1.165, 1.54) is 6.20 Å². The van der Waals surface area contributed by atoms with Gasteiger partial charge in [-0.05, 0) is 12.1 Å². The number of alkyl halides is 1. The Hall–Kier alpha value is -1.25. The molecule has 1 aliphatic rings.